The second kappa shape index (κ2) is 6.74. The molecule has 1 heterocycles. The van der Waals surface area contributed by atoms with Gasteiger partial charge >= 0.3 is 0 Å². The number of nitrogens with zero attached hydrogens (tertiary/aromatic N) is 2. The Bertz CT molecular complexity index is 479. The first-order valence-corrected chi connectivity index (χ1v) is 7.36. The van der Waals surface area contributed by atoms with Crippen LogP contribution in [-0.4, -0.2) is 37.7 Å². The zero-order valence-corrected chi connectivity index (χ0v) is 12.4. The number of ether oxygens (including phenoxy) is 1. The molecule has 1 aliphatic heterocycles. The van der Waals surface area contributed by atoms with Crippen LogP contribution in [0.25, 0.3) is 0 Å². The third-order valence-electron chi connectivity index (χ3n) is 4.02. The Balaban J connectivity index is 2.10. The van der Waals surface area contributed by atoms with Crippen molar-refractivity contribution in [1.29, 1.82) is 5.26 Å². The van der Waals surface area contributed by atoms with Gasteiger partial charge in [-0.15, -0.1) is 0 Å². The van der Waals surface area contributed by atoms with Crippen molar-refractivity contribution in [3.63, 3.8) is 0 Å². The summed E-state index contributed by atoms with van der Waals surface area (Å²) in [4.78, 5) is 2.35. The molecular weight excluding hydrogens is 250 g/mol. The Hall–Kier alpha value is -1.57. The molecule has 4 heteroatoms. The van der Waals surface area contributed by atoms with Crippen LogP contribution in [0.5, 0.6) is 5.75 Å². The van der Waals surface area contributed by atoms with E-state index in [0.717, 1.165) is 37.5 Å². The number of para-hydroxylation sites is 1. The molecule has 0 spiro atoms. The first-order valence-electron chi connectivity index (χ1n) is 7.36. The summed E-state index contributed by atoms with van der Waals surface area (Å²) in [5.74, 6) is 0.829. The number of hydrogen-bond acceptors (Lipinski definition) is 4. The Morgan fingerprint density at radius 1 is 1.35 bits per heavy atom. The van der Waals surface area contributed by atoms with Crippen molar-refractivity contribution in [1.82, 2.24) is 10.2 Å². The summed E-state index contributed by atoms with van der Waals surface area (Å²) in [6.07, 6.45) is 0.693. The number of benzene rings is 1. The summed E-state index contributed by atoms with van der Waals surface area (Å²) in [5.41, 5.74) is 0.357. The summed E-state index contributed by atoms with van der Waals surface area (Å²) in [6, 6.07) is 10.3. The van der Waals surface area contributed by atoms with Gasteiger partial charge in [0, 0.05) is 25.1 Å². The average Bonchev–Trinajstić information content (AvgIpc) is 2.51. The molecule has 1 aromatic rings. The predicted molar refractivity (Wildman–Crippen MR) is 79.6 cm³/mol. The molecule has 108 valence electrons. The van der Waals surface area contributed by atoms with Gasteiger partial charge in [-0.2, -0.15) is 5.26 Å². The number of nitriles is 1. The Morgan fingerprint density at radius 2 is 2.10 bits per heavy atom. The molecule has 0 saturated heterocycles. The molecule has 1 atom stereocenters. The standard InChI is InChI=1S/C16H23N3O/c1-3-19(4-2)11-10-18-16(13-17)9-12-20-15-8-6-5-7-14(15)16/h5-8,18H,3-4,9-12H2,1-2H3. The van der Waals surface area contributed by atoms with Gasteiger partial charge in [0.05, 0.1) is 12.7 Å². The maximum absolute atomic E-state index is 9.69. The van der Waals surface area contributed by atoms with E-state index in [0.29, 0.717) is 13.0 Å². The third-order valence-corrected chi connectivity index (χ3v) is 4.02. The first-order chi connectivity index (χ1) is 9.75. The smallest absolute Gasteiger partial charge is 0.139 e. The third kappa shape index (κ3) is 2.95. The number of likely N-dealkylation sites (N-methyl/N-ethyl adjacent to an activating group) is 1. The second-order valence-electron chi connectivity index (χ2n) is 5.07. The minimum Gasteiger partial charge on any atom is -0.493 e. The SMILES string of the molecule is CCN(CC)CCNC1(C#N)CCOc2ccccc21. The molecule has 0 saturated carbocycles. The van der Waals surface area contributed by atoms with E-state index in [4.69, 9.17) is 4.74 Å². The van der Waals surface area contributed by atoms with E-state index in [1.165, 1.54) is 0 Å². The van der Waals surface area contributed by atoms with Gasteiger partial charge in [0.1, 0.15) is 11.3 Å². The van der Waals surface area contributed by atoms with Crippen molar-refractivity contribution in [2.24, 2.45) is 0 Å². The lowest BCUT2D eigenvalue weighted by Crippen LogP contribution is -2.47. The molecule has 0 bridgehead atoms. The minimum atomic E-state index is -0.609. The van der Waals surface area contributed by atoms with E-state index in [1.807, 2.05) is 24.3 Å². The van der Waals surface area contributed by atoms with Gasteiger partial charge in [0.15, 0.2) is 0 Å². The van der Waals surface area contributed by atoms with E-state index in [-0.39, 0.29) is 0 Å². The lowest BCUT2D eigenvalue weighted by molar-refractivity contribution is 0.211. The second-order valence-corrected chi connectivity index (χ2v) is 5.07. The van der Waals surface area contributed by atoms with Crippen LogP contribution >= 0.6 is 0 Å². The summed E-state index contributed by atoms with van der Waals surface area (Å²) in [6.45, 7) is 8.75. The highest BCUT2D eigenvalue weighted by Gasteiger charge is 2.37. The van der Waals surface area contributed by atoms with E-state index in [1.54, 1.807) is 0 Å². The van der Waals surface area contributed by atoms with Crippen LogP contribution in [0.15, 0.2) is 24.3 Å². The van der Waals surface area contributed by atoms with Crippen molar-refractivity contribution in [3.8, 4) is 11.8 Å². The van der Waals surface area contributed by atoms with Gasteiger partial charge in [0.25, 0.3) is 0 Å². The van der Waals surface area contributed by atoms with Crippen LogP contribution in [0.4, 0.5) is 0 Å². The number of rotatable bonds is 6. The van der Waals surface area contributed by atoms with Crippen molar-refractivity contribution < 1.29 is 4.74 Å². The first kappa shape index (κ1) is 14.8. The molecule has 1 unspecified atom stereocenters. The van der Waals surface area contributed by atoms with Gasteiger partial charge in [-0.1, -0.05) is 32.0 Å². The van der Waals surface area contributed by atoms with Crippen LogP contribution in [0.1, 0.15) is 25.8 Å². The highest BCUT2D eigenvalue weighted by atomic mass is 16.5. The zero-order valence-electron chi connectivity index (χ0n) is 12.4. The number of fused-ring (bicyclic) bond motifs is 1. The molecule has 0 fully saturated rings. The monoisotopic (exact) mass is 273 g/mol. The van der Waals surface area contributed by atoms with E-state index < -0.39 is 5.54 Å². The molecule has 1 N–H and O–H groups in total. The Labute approximate surface area is 121 Å². The van der Waals surface area contributed by atoms with Crippen molar-refractivity contribution in [2.75, 3.05) is 32.8 Å². The fourth-order valence-electron chi connectivity index (χ4n) is 2.70. The van der Waals surface area contributed by atoms with Gasteiger partial charge in [-0.3, -0.25) is 5.32 Å². The maximum atomic E-state index is 9.69. The minimum absolute atomic E-state index is 0.586. The highest BCUT2D eigenvalue weighted by Crippen LogP contribution is 2.36. The molecule has 20 heavy (non-hydrogen) atoms. The molecule has 4 nitrogen and oxygen atoms in total. The largest absolute Gasteiger partial charge is 0.493 e. The molecular formula is C16H23N3O. The normalized spacial score (nSPS) is 21.1. The quantitative estimate of drug-likeness (QED) is 0.862. The molecule has 0 radical (unpaired) electrons. The van der Waals surface area contributed by atoms with Crippen LogP contribution in [-0.2, 0) is 5.54 Å². The van der Waals surface area contributed by atoms with Crippen molar-refractivity contribution in [3.05, 3.63) is 29.8 Å². The number of hydrogen-bond donors (Lipinski definition) is 1. The molecule has 0 aliphatic carbocycles. The van der Waals surface area contributed by atoms with E-state index in [2.05, 4.69) is 30.1 Å². The van der Waals surface area contributed by atoms with Gasteiger partial charge in [-0.05, 0) is 19.2 Å². The summed E-state index contributed by atoms with van der Waals surface area (Å²) < 4.78 is 5.65. The van der Waals surface area contributed by atoms with Gasteiger partial charge in [-0.25, -0.2) is 0 Å². The lowest BCUT2D eigenvalue weighted by atomic mass is 9.86. The molecule has 1 aromatic carbocycles. The van der Waals surface area contributed by atoms with Crippen LogP contribution in [0, 0.1) is 11.3 Å². The van der Waals surface area contributed by atoms with Gasteiger partial charge in [0.2, 0.25) is 0 Å². The van der Waals surface area contributed by atoms with Crippen molar-refractivity contribution >= 4 is 0 Å². The maximum Gasteiger partial charge on any atom is 0.139 e. The molecule has 0 amide bonds. The summed E-state index contributed by atoms with van der Waals surface area (Å²) in [5, 5.41) is 13.1. The van der Waals surface area contributed by atoms with Crippen LogP contribution in [0.2, 0.25) is 0 Å². The van der Waals surface area contributed by atoms with Crippen LogP contribution in [0.3, 0.4) is 0 Å². The highest BCUT2D eigenvalue weighted by molar-refractivity contribution is 5.44. The lowest BCUT2D eigenvalue weighted by Gasteiger charge is -2.34. The number of nitrogens with one attached hydrogen (secondary N) is 1. The predicted octanol–water partition coefficient (Wildman–Crippen LogP) is 2.12. The fraction of sp³-hybridized carbons (Fsp3) is 0.562. The van der Waals surface area contributed by atoms with E-state index in [9.17, 15) is 5.26 Å². The van der Waals surface area contributed by atoms with E-state index >= 15 is 0 Å². The fourth-order valence-corrected chi connectivity index (χ4v) is 2.70. The van der Waals surface area contributed by atoms with Crippen LogP contribution < -0.4 is 10.1 Å². The molecule has 1 aliphatic rings. The van der Waals surface area contributed by atoms with Crippen molar-refractivity contribution in [2.45, 2.75) is 25.8 Å². The topological polar surface area (TPSA) is 48.3 Å². The molecule has 0 aromatic heterocycles. The average molecular weight is 273 g/mol. The van der Waals surface area contributed by atoms with Gasteiger partial charge < -0.3 is 9.64 Å². The zero-order chi connectivity index (χ0) is 14.4. The molecule has 2 rings (SSSR count). The Morgan fingerprint density at radius 3 is 2.80 bits per heavy atom. The summed E-state index contributed by atoms with van der Waals surface area (Å²) in [7, 11) is 0. The Kier molecular flexibility index (Phi) is 4.99. The summed E-state index contributed by atoms with van der Waals surface area (Å²) >= 11 is 0.